The smallest absolute Gasteiger partial charge is 0.383 e. The zero-order valence-corrected chi connectivity index (χ0v) is 20.6. The van der Waals surface area contributed by atoms with Crippen LogP contribution < -0.4 is 4.90 Å². The van der Waals surface area contributed by atoms with E-state index in [1.54, 1.807) is 53.9 Å². The maximum Gasteiger partial charge on any atom is 0.399 e. The van der Waals surface area contributed by atoms with Crippen LogP contribution in [0.4, 0.5) is 23.2 Å². The number of methoxy groups -OCH3 is 1. The number of nitrogens with zero attached hydrogens (tertiary/aromatic N) is 4. The lowest BCUT2D eigenvalue weighted by Crippen LogP contribution is -2.22. The van der Waals surface area contributed by atoms with Crippen molar-refractivity contribution in [1.29, 1.82) is 0 Å². The molecule has 192 valence electrons. The third kappa shape index (κ3) is 4.67. The Kier molecular flexibility index (Phi) is 6.41. The highest BCUT2D eigenvalue weighted by Crippen LogP contribution is 2.44. The number of anilines is 1. The van der Waals surface area contributed by atoms with Crippen LogP contribution in [0.5, 0.6) is 0 Å². The van der Waals surface area contributed by atoms with Gasteiger partial charge in [-0.2, -0.15) is 18.3 Å². The molecule has 0 saturated heterocycles. The average Bonchev–Trinajstić information content (AvgIpc) is 3.43. The zero-order chi connectivity index (χ0) is 26.3. The van der Waals surface area contributed by atoms with Gasteiger partial charge in [-0.3, -0.25) is 0 Å². The number of aromatic nitrogens is 3. The highest BCUT2D eigenvalue weighted by atomic mass is 19.4. The SMILES string of the molecule is COCCN(C)c1ccc2c(C(c3ccc4c(cnn4-c4ccc(F)cc4)c3)C(F)(F)F)cn(C)c2c1. The fourth-order valence-corrected chi connectivity index (χ4v) is 4.79. The molecule has 0 saturated carbocycles. The van der Waals surface area contributed by atoms with Crippen molar-refractivity contribution in [3.05, 3.63) is 90.0 Å². The number of hydrogen-bond acceptors (Lipinski definition) is 3. The van der Waals surface area contributed by atoms with E-state index in [1.165, 1.54) is 30.5 Å². The van der Waals surface area contributed by atoms with E-state index in [0.717, 1.165) is 11.2 Å². The number of aryl methyl sites for hydroxylation is 1. The fraction of sp³-hybridized carbons (Fsp3) is 0.250. The van der Waals surface area contributed by atoms with Gasteiger partial charge in [-0.25, -0.2) is 9.07 Å². The molecular weight excluding hydrogens is 484 g/mol. The van der Waals surface area contributed by atoms with Gasteiger partial charge in [0, 0.05) is 50.4 Å². The quantitative estimate of drug-likeness (QED) is 0.237. The Balaban J connectivity index is 1.57. The molecule has 2 heterocycles. The maximum atomic E-state index is 14.6. The summed E-state index contributed by atoms with van der Waals surface area (Å²) in [5.41, 5.74) is 3.20. The van der Waals surface area contributed by atoms with Gasteiger partial charge in [0.1, 0.15) is 11.7 Å². The van der Waals surface area contributed by atoms with E-state index in [4.69, 9.17) is 4.74 Å². The number of halogens is 4. The molecule has 0 radical (unpaired) electrons. The lowest BCUT2D eigenvalue weighted by atomic mass is 9.89. The van der Waals surface area contributed by atoms with E-state index in [0.29, 0.717) is 35.1 Å². The Morgan fingerprint density at radius 3 is 2.46 bits per heavy atom. The lowest BCUT2D eigenvalue weighted by molar-refractivity contribution is -0.140. The second kappa shape index (κ2) is 9.55. The van der Waals surface area contributed by atoms with Crippen molar-refractivity contribution in [2.24, 2.45) is 7.05 Å². The standard InChI is InChI=1S/C28H26F4N4O/c1-34(12-13-37-3)22-9-10-23-24(17-35(2)26(23)15-22)27(28(30,31)32)18-4-11-25-19(14-18)16-33-36(25)21-7-5-20(29)6-8-21/h4-11,14-17,27H,12-13H2,1-3H3. The van der Waals surface area contributed by atoms with Crippen LogP contribution in [-0.2, 0) is 11.8 Å². The van der Waals surface area contributed by atoms with Crippen molar-refractivity contribution in [1.82, 2.24) is 14.3 Å². The molecule has 5 nitrogen and oxygen atoms in total. The predicted molar refractivity (Wildman–Crippen MR) is 137 cm³/mol. The van der Waals surface area contributed by atoms with Crippen molar-refractivity contribution in [2.75, 3.05) is 32.2 Å². The van der Waals surface area contributed by atoms with E-state index in [1.807, 2.05) is 24.1 Å². The molecule has 0 aliphatic heterocycles. The minimum absolute atomic E-state index is 0.132. The molecule has 5 aromatic rings. The third-order valence-electron chi connectivity index (χ3n) is 6.71. The molecular formula is C28H26F4N4O. The number of rotatable bonds is 7. The minimum atomic E-state index is -4.51. The van der Waals surface area contributed by atoms with Gasteiger partial charge in [-0.15, -0.1) is 0 Å². The summed E-state index contributed by atoms with van der Waals surface area (Å²) in [6.45, 7) is 1.21. The molecule has 3 aromatic carbocycles. The molecule has 37 heavy (non-hydrogen) atoms. The fourth-order valence-electron chi connectivity index (χ4n) is 4.79. The Hall–Kier alpha value is -3.85. The number of ether oxygens (including phenoxy) is 1. The van der Waals surface area contributed by atoms with E-state index in [9.17, 15) is 17.6 Å². The van der Waals surface area contributed by atoms with Crippen molar-refractivity contribution in [2.45, 2.75) is 12.1 Å². The van der Waals surface area contributed by atoms with Crippen molar-refractivity contribution in [3.8, 4) is 5.69 Å². The lowest BCUT2D eigenvalue weighted by Gasteiger charge is -2.21. The van der Waals surface area contributed by atoms with Crippen LogP contribution in [-0.4, -0.2) is 47.8 Å². The molecule has 5 rings (SSSR count). The summed E-state index contributed by atoms with van der Waals surface area (Å²) in [7, 11) is 5.31. The summed E-state index contributed by atoms with van der Waals surface area (Å²) in [6.07, 6.45) is -1.42. The van der Waals surface area contributed by atoms with E-state index in [-0.39, 0.29) is 16.9 Å². The van der Waals surface area contributed by atoms with Crippen LogP contribution in [0.25, 0.3) is 27.5 Å². The minimum Gasteiger partial charge on any atom is -0.383 e. The highest BCUT2D eigenvalue weighted by Gasteiger charge is 2.43. The van der Waals surface area contributed by atoms with Crippen molar-refractivity contribution in [3.63, 3.8) is 0 Å². The molecule has 1 atom stereocenters. The highest BCUT2D eigenvalue weighted by molar-refractivity contribution is 5.88. The van der Waals surface area contributed by atoms with Crippen LogP contribution in [0.3, 0.4) is 0 Å². The van der Waals surface area contributed by atoms with Crippen LogP contribution in [0.15, 0.2) is 73.1 Å². The van der Waals surface area contributed by atoms with Gasteiger partial charge in [-0.1, -0.05) is 12.1 Å². The van der Waals surface area contributed by atoms with Gasteiger partial charge in [0.15, 0.2) is 0 Å². The summed E-state index contributed by atoms with van der Waals surface area (Å²) < 4.78 is 65.6. The summed E-state index contributed by atoms with van der Waals surface area (Å²) in [5.74, 6) is -2.19. The first-order valence-electron chi connectivity index (χ1n) is 11.8. The van der Waals surface area contributed by atoms with E-state index < -0.39 is 12.1 Å². The van der Waals surface area contributed by atoms with Crippen LogP contribution in [0.2, 0.25) is 0 Å². The number of likely N-dealkylation sites (N-methyl/N-ethyl adjacent to an activating group) is 1. The molecule has 1 unspecified atom stereocenters. The Labute approximate surface area is 211 Å². The molecule has 0 fully saturated rings. The second-order valence-corrected chi connectivity index (χ2v) is 9.14. The van der Waals surface area contributed by atoms with Gasteiger partial charge in [0.05, 0.1) is 29.5 Å². The molecule has 0 amide bonds. The number of benzene rings is 3. The van der Waals surface area contributed by atoms with E-state index in [2.05, 4.69) is 5.10 Å². The first-order valence-corrected chi connectivity index (χ1v) is 11.8. The maximum absolute atomic E-state index is 14.6. The molecule has 0 N–H and O–H groups in total. The van der Waals surface area contributed by atoms with Crippen LogP contribution in [0, 0.1) is 5.82 Å². The number of hydrogen-bond donors (Lipinski definition) is 0. The molecule has 2 aromatic heterocycles. The first-order chi connectivity index (χ1) is 17.7. The average molecular weight is 511 g/mol. The van der Waals surface area contributed by atoms with Crippen LogP contribution >= 0.6 is 0 Å². The van der Waals surface area contributed by atoms with Crippen molar-refractivity contribution < 1.29 is 22.3 Å². The Morgan fingerprint density at radius 2 is 1.76 bits per heavy atom. The Bertz CT molecular complexity index is 1550. The monoisotopic (exact) mass is 510 g/mol. The topological polar surface area (TPSA) is 35.2 Å². The van der Waals surface area contributed by atoms with Gasteiger partial charge in [-0.05, 0) is 59.7 Å². The Morgan fingerprint density at radius 1 is 1.00 bits per heavy atom. The summed E-state index contributed by atoms with van der Waals surface area (Å²) >= 11 is 0. The molecule has 0 spiro atoms. The van der Waals surface area contributed by atoms with Crippen molar-refractivity contribution >= 4 is 27.5 Å². The van der Waals surface area contributed by atoms with Gasteiger partial charge in [0.2, 0.25) is 0 Å². The predicted octanol–water partition coefficient (Wildman–Crippen LogP) is 6.43. The number of alkyl halides is 3. The van der Waals surface area contributed by atoms with Gasteiger partial charge < -0.3 is 14.2 Å². The summed E-state index contributed by atoms with van der Waals surface area (Å²) in [6, 6.07) is 15.9. The normalized spacial score (nSPS) is 12.9. The molecule has 0 bridgehead atoms. The van der Waals surface area contributed by atoms with E-state index >= 15 is 0 Å². The van der Waals surface area contributed by atoms with Gasteiger partial charge >= 0.3 is 6.18 Å². The largest absolute Gasteiger partial charge is 0.399 e. The zero-order valence-electron chi connectivity index (χ0n) is 20.6. The van der Waals surface area contributed by atoms with Gasteiger partial charge in [0.25, 0.3) is 0 Å². The molecule has 0 aliphatic carbocycles. The summed E-state index contributed by atoms with van der Waals surface area (Å²) in [4.78, 5) is 2.00. The second-order valence-electron chi connectivity index (χ2n) is 9.14. The first kappa shape index (κ1) is 24.8. The summed E-state index contributed by atoms with van der Waals surface area (Å²) in [5, 5.41) is 5.45. The number of fused-ring (bicyclic) bond motifs is 2. The third-order valence-corrected chi connectivity index (χ3v) is 6.71. The van der Waals surface area contributed by atoms with Crippen LogP contribution in [0.1, 0.15) is 17.0 Å². The molecule has 0 aliphatic rings. The molecule has 9 heteroatoms.